The Morgan fingerprint density at radius 3 is 2.78 bits per heavy atom. The number of aliphatic hydroxyl groups excluding tert-OH is 1. The van der Waals surface area contributed by atoms with Crippen molar-refractivity contribution < 1.29 is 14.6 Å². The fraction of sp³-hybridized carbons (Fsp3) is 0.615. The van der Waals surface area contributed by atoms with Gasteiger partial charge >= 0.3 is 0 Å². The summed E-state index contributed by atoms with van der Waals surface area (Å²) in [5.74, 6) is 1.96. The van der Waals surface area contributed by atoms with E-state index in [0.29, 0.717) is 24.0 Å². The van der Waals surface area contributed by atoms with E-state index in [1.807, 2.05) is 0 Å². The van der Waals surface area contributed by atoms with Gasteiger partial charge in [-0.15, -0.1) is 0 Å². The topological polar surface area (TPSA) is 63.6 Å². The third-order valence-electron chi connectivity index (χ3n) is 3.30. The summed E-state index contributed by atoms with van der Waals surface area (Å²) in [5, 5.41) is 12.5. The maximum absolute atomic E-state index is 9.21. The van der Waals surface area contributed by atoms with Crippen LogP contribution in [-0.4, -0.2) is 37.0 Å². The molecule has 0 unspecified atom stereocenters. The number of pyridine rings is 1. The van der Waals surface area contributed by atoms with Crippen LogP contribution in [0.15, 0.2) is 12.3 Å². The quantitative estimate of drug-likeness (QED) is 0.789. The summed E-state index contributed by atoms with van der Waals surface area (Å²) in [6.45, 7) is 1.55. The largest absolute Gasteiger partial charge is 0.493 e. The van der Waals surface area contributed by atoms with Crippen molar-refractivity contribution in [3.8, 4) is 11.5 Å². The number of hydrogen-bond acceptors (Lipinski definition) is 5. The molecule has 0 atom stereocenters. The Labute approximate surface area is 107 Å². The third-order valence-corrected chi connectivity index (χ3v) is 3.30. The summed E-state index contributed by atoms with van der Waals surface area (Å²) < 4.78 is 10.5. The molecule has 18 heavy (non-hydrogen) atoms. The van der Waals surface area contributed by atoms with E-state index in [2.05, 4.69) is 10.3 Å². The molecule has 1 aromatic heterocycles. The van der Waals surface area contributed by atoms with Gasteiger partial charge in [0.2, 0.25) is 0 Å². The maximum Gasteiger partial charge on any atom is 0.183 e. The lowest BCUT2D eigenvalue weighted by Gasteiger charge is -2.31. The van der Waals surface area contributed by atoms with E-state index in [-0.39, 0.29) is 6.10 Å². The van der Waals surface area contributed by atoms with Crippen molar-refractivity contribution in [1.82, 2.24) is 10.3 Å². The number of methoxy groups -OCH3 is 2. The lowest BCUT2D eigenvalue weighted by Crippen LogP contribution is -2.36. The summed E-state index contributed by atoms with van der Waals surface area (Å²) in [5.41, 5.74) is 0.844. The minimum absolute atomic E-state index is 0.0960. The van der Waals surface area contributed by atoms with Gasteiger partial charge in [-0.3, -0.25) is 4.98 Å². The average molecular weight is 252 g/mol. The van der Waals surface area contributed by atoms with Gasteiger partial charge in [-0.25, -0.2) is 0 Å². The highest BCUT2D eigenvalue weighted by Crippen LogP contribution is 2.29. The highest BCUT2D eigenvalue weighted by Gasteiger charge is 2.26. The molecule has 0 aromatic carbocycles. The fourth-order valence-electron chi connectivity index (χ4n) is 2.24. The average Bonchev–Trinajstić information content (AvgIpc) is 2.36. The van der Waals surface area contributed by atoms with E-state index < -0.39 is 0 Å². The Hall–Kier alpha value is -1.33. The van der Waals surface area contributed by atoms with E-state index in [1.54, 1.807) is 26.5 Å². The first-order valence-corrected chi connectivity index (χ1v) is 6.19. The molecule has 1 fully saturated rings. The number of nitrogens with one attached hydrogen (secondary N) is 1. The maximum atomic E-state index is 9.21. The van der Waals surface area contributed by atoms with Crippen molar-refractivity contribution in [2.45, 2.75) is 25.5 Å². The second-order valence-electron chi connectivity index (χ2n) is 4.62. The zero-order valence-electron chi connectivity index (χ0n) is 10.8. The van der Waals surface area contributed by atoms with E-state index >= 15 is 0 Å². The van der Waals surface area contributed by atoms with Crippen LogP contribution in [0, 0.1) is 5.92 Å². The number of aliphatic hydroxyl groups is 1. The molecule has 1 aromatic rings. The van der Waals surface area contributed by atoms with Crippen LogP contribution in [0.1, 0.15) is 18.5 Å². The summed E-state index contributed by atoms with van der Waals surface area (Å²) in [4.78, 5) is 4.30. The Balaban J connectivity index is 1.88. The fourth-order valence-corrected chi connectivity index (χ4v) is 2.24. The number of rotatable bonds is 6. The van der Waals surface area contributed by atoms with Gasteiger partial charge in [0.15, 0.2) is 11.5 Å². The standard InChI is InChI=1S/C13H20N2O3/c1-17-12-3-4-15-11(13(12)18-2)8-14-7-9-5-10(16)6-9/h3-4,9-10,14,16H,5-8H2,1-2H3. The van der Waals surface area contributed by atoms with Crippen molar-refractivity contribution >= 4 is 0 Å². The zero-order chi connectivity index (χ0) is 13.0. The smallest absolute Gasteiger partial charge is 0.183 e. The molecule has 1 saturated carbocycles. The first-order chi connectivity index (χ1) is 8.74. The van der Waals surface area contributed by atoms with Crippen molar-refractivity contribution in [3.63, 3.8) is 0 Å². The molecule has 1 aliphatic carbocycles. The number of aromatic nitrogens is 1. The molecule has 2 N–H and O–H groups in total. The third kappa shape index (κ3) is 2.91. The van der Waals surface area contributed by atoms with Crippen LogP contribution in [0.2, 0.25) is 0 Å². The Morgan fingerprint density at radius 2 is 2.17 bits per heavy atom. The highest BCUT2D eigenvalue weighted by atomic mass is 16.5. The van der Waals surface area contributed by atoms with Gasteiger partial charge in [-0.05, 0) is 25.3 Å². The van der Waals surface area contributed by atoms with Crippen molar-refractivity contribution in [3.05, 3.63) is 18.0 Å². The van der Waals surface area contributed by atoms with Crippen LogP contribution in [0.4, 0.5) is 0 Å². The molecular formula is C13H20N2O3. The van der Waals surface area contributed by atoms with E-state index in [4.69, 9.17) is 9.47 Å². The van der Waals surface area contributed by atoms with Crippen molar-refractivity contribution in [2.24, 2.45) is 5.92 Å². The van der Waals surface area contributed by atoms with Crippen molar-refractivity contribution in [2.75, 3.05) is 20.8 Å². The zero-order valence-corrected chi connectivity index (χ0v) is 10.8. The minimum Gasteiger partial charge on any atom is -0.493 e. The number of ether oxygens (including phenoxy) is 2. The summed E-state index contributed by atoms with van der Waals surface area (Å²) in [6.07, 6.45) is 3.41. The molecule has 0 radical (unpaired) electrons. The molecule has 0 spiro atoms. The normalized spacial score (nSPS) is 22.4. The number of hydrogen-bond donors (Lipinski definition) is 2. The summed E-state index contributed by atoms with van der Waals surface area (Å²) >= 11 is 0. The molecule has 5 heteroatoms. The summed E-state index contributed by atoms with van der Waals surface area (Å²) in [6, 6.07) is 1.78. The summed E-state index contributed by atoms with van der Waals surface area (Å²) in [7, 11) is 3.23. The monoisotopic (exact) mass is 252 g/mol. The molecule has 0 aliphatic heterocycles. The first-order valence-electron chi connectivity index (χ1n) is 6.19. The van der Waals surface area contributed by atoms with Crippen LogP contribution in [-0.2, 0) is 6.54 Å². The van der Waals surface area contributed by atoms with E-state index in [9.17, 15) is 5.11 Å². The van der Waals surface area contributed by atoms with Crippen LogP contribution >= 0.6 is 0 Å². The molecule has 0 bridgehead atoms. The molecule has 0 saturated heterocycles. The lowest BCUT2D eigenvalue weighted by molar-refractivity contribution is 0.0429. The molecule has 5 nitrogen and oxygen atoms in total. The van der Waals surface area contributed by atoms with Gasteiger partial charge in [-0.2, -0.15) is 0 Å². The highest BCUT2D eigenvalue weighted by molar-refractivity contribution is 5.42. The molecule has 1 aliphatic rings. The molecule has 1 heterocycles. The van der Waals surface area contributed by atoms with Crippen LogP contribution in [0.5, 0.6) is 11.5 Å². The first kappa shape index (κ1) is 13.1. The van der Waals surface area contributed by atoms with Crippen LogP contribution in [0.25, 0.3) is 0 Å². The molecule has 0 amide bonds. The van der Waals surface area contributed by atoms with Gasteiger partial charge < -0.3 is 19.9 Å². The van der Waals surface area contributed by atoms with E-state index in [1.165, 1.54) is 0 Å². The van der Waals surface area contributed by atoms with Gasteiger partial charge in [0.25, 0.3) is 0 Å². The SMILES string of the molecule is COc1ccnc(CNCC2CC(O)C2)c1OC. The van der Waals surface area contributed by atoms with Gasteiger partial charge in [0.05, 0.1) is 26.0 Å². The van der Waals surface area contributed by atoms with Gasteiger partial charge in [0, 0.05) is 18.8 Å². The predicted molar refractivity (Wildman–Crippen MR) is 67.8 cm³/mol. The minimum atomic E-state index is -0.0960. The predicted octanol–water partition coefficient (Wildman–Crippen LogP) is 0.959. The van der Waals surface area contributed by atoms with Crippen molar-refractivity contribution in [1.29, 1.82) is 0 Å². The molecule has 2 rings (SSSR count). The lowest BCUT2D eigenvalue weighted by atomic mass is 9.82. The van der Waals surface area contributed by atoms with E-state index in [0.717, 1.165) is 25.1 Å². The van der Waals surface area contributed by atoms with Crippen LogP contribution in [0.3, 0.4) is 0 Å². The molecule has 100 valence electrons. The Kier molecular flexibility index (Phi) is 4.38. The van der Waals surface area contributed by atoms with Gasteiger partial charge in [0.1, 0.15) is 0 Å². The Morgan fingerprint density at radius 1 is 1.39 bits per heavy atom. The Bertz CT molecular complexity index is 392. The molecular weight excluding hydrogens is 232 g/mol. The van der Waals surface area contributed by atoms with Gasteiger partial charge in [-0.1, -0.05) is 0 Å². The second kappa shape index (κ2) is 6.02. The van der Waals surface area contributed by atoms with Crippen LogP contribution < -0.4 is 14.8 Å². The second-order valence-corrected chi connectivity index (χ2v) is 4.62. The number of nitrogens with zero attached hydrogens (tertiary/aromatic N) is 1.